The molecule has 0 radical (unpaired) electrons. The minimum Gasteiger partial charge on any atom is -0.389 e. The first-order valence-electron chi connectivity index (χ1n) is 5.62. The van der Waals surface area contributed by atoms with E-state index in [0.717, 1.165) is 24.9 Å². The maximum Gasteiger partial charge on any atom is 0.117 e. The van der Waals surface area contributed by atoms with Crippen molar-refractivity contribution in [3.05, 3.63) is 0 Å². The first kappa shape index (κ1) is 11.9. The zero-order valence-electron chi connectivity index (χ0n) is 9.25. The molecule has 0 saturated heterocycles. The Hall–Kier alpha value is -0.150. The van der Waals surface area contributed by atoms with Crippen molar-refractivity contribution in [2.24, 2.45) is 11.8 Å². The van der Waals surface area contributed by atoms with E-state index in [0.29, 0.717) is 6.54 Å². The van der Waals surface area contributed by atoms with Gasteiger partial charge in [-0.05, 0) is 31.2 Å². The van der Waals surface area contributed by atoms with E-state index in [1.807, 2.05) is 0 Å². The minimum absolute atomic E-state index is 0.484. The number of halogens is 1. The molecule has 0 aromatic rings. The lowest BCUT2D eigenvalue weighted by Crippen LogP contribution is -2.40. The normalized spacial score (nSPS) is 28.9. The summed E-state index contributed by atoms with van der Waals surface area (Å²) in [6, 6.07) is 0. The van der Waals surface area contributed by atoms with Gasteiger partial charge < -0.3 is 10.0 Å². The Morgan fingerprint density at radius 3 is 2.57 bits per heavy atom. The molecule has 0 aliphatic heterocycles. The predicted molar refractivity (Wildman–Crippen MR) is 56.0 cm³/mol. The van der Waals surface area contributed by atoms with Gasteiger partial charge in [-0.3, -0.25) is 0 Å². The number of rotatable bonds is 6. The lowest BCUT2D eigenvalue weighted by molar-refractivity contribution is 0.0670. The van der Waals surface area contributed by atoms with E-state index >= 15 is 0 Å². The van der Waals surface area contributed by atoms with Crippen LogP contribution >= 0.6 is 0 Å². The van der Waals surface area contributed by atoms with Crippen molar-refractivity contribution in [2.75, 3.05) is 26.3 Å². The second-order valence-corrected chi connectivity index (χ2v) is 4.60. The van der Waals surface area contributed by atoms with Crippen molar-refractivity contribution in [3.8, 4) is 0 Å². The Kier molecular flexibility index (Phi) is 4.82. The Morgan fingerprint density at radius 2 is 2.14 bits per heavy atom. The summed E-state index contributed by atoms with van der Waals surface area (Å²) in [6.45, 7) is 6.12. The van der Waals surface area contributed by atoms with Gasteiger partial charge in [0.05, 0.1) is 6.10 Å². The Morgan fingerprint density at radius 1 is 1.50 bits per heavy atom. The van der Waals surface area contributed by atoms with E-state index in [2.05, 4.69) is 18.7 Å². The van der Waals surface area contributed by atoms with Crippen LogP contribution in [0.2, 0.25) is 0 Å². The van der Waals surface area contributed by atoms with Crippen LogP contribution in [0.5, 0.6) is 0 Å². The van der Waals surface area contributed by atoms with Crippen LogP contribution in [0.3, 0.4) is 0 Å². The van der Waals surface area contributed by atoms with E-state index in [9.17, 15) is 9.50 Å². The molecule has 1 aliphatic carbocycles. The van der Waals surface area contributed by atoms with E-state index in [1.165, 1.54) is 12.8 Å². The molecule has 0 aromatic heterocycles. The predicted octanol–water partition coefficient (Wildman–Crippen LogP) is 1.68. The van der Waals surface area contributed by atoms with Gasteiger partial charge in [-0.15, -0.1) is 0 Å². The maximum atomic E-state index is 12.1. The summed E-state index contributed by atoms with van der Waals surface area (Å²) in [7, 11) is 0. The van der Waals surface area contributed by atoms with Gasteiger partial charge >= 0.3 is 0 Å². The van der Waals surface area contributed by atoms with Gasteiger partial charge in [0.1, 0.15) is 6.67 Å². The van der Waals surface area contributed by atoms with Crippen molar-refractivity contribution in [3.63, 3.8) is 0 Å². The van der Waals surface area contributed by atoms with E-state index in [4.69, 9.17) is 0 Å². The van der Waals surface area contributed by atoms with E-state index < -0.39 is 12.8 Å². The Balaban J connectivity index is 2.18. The van der Waals surface area contributed by atoms with E-state index in [-0.39, 0.29) is 0 Å². The van der Waals surface area contributed by atoms with Crippen LogP contribution in [0.1, 0.15) is 26.7 Å². The first-order valence-corrected chi connectivity index (χ1v) is 5.62. The second kappa shape index (κ2) is 5.66. The average Bonchev–Trinajstić information content (AvgIpc) is 2.13. The van der Waals surface area contributed by atoms with Crippen LogP contribution < -0.4 is 0 Å². The van der Waals surface area contributed by atoms with Crippen molar-refractivity contribution in [1.29, 1.82) is 0 Å². The van der Waals surface area contributed by atoms with Crippen molar-refractivity contribution >= 4 is 0 Å². The summed E-state index contributed by atoms with van der Waals surface area (Å²) in [4.78, 5) is 2.15. The molecule has 3 heteroatoms. The maximum absolute atomic E-state index is 12.1. The van der Waals surface area contributed by atoms with Crippen LogP contribution in [0.15, 0.2) is 0 Å². The summed E-state index contributed by atoms with van der Waals surface area (Å²) in [6.07, 6.45) is 1.79. The molecule has 84 valence electrons. The summed E-state index contributed by atoms with van der Waals surface area (Å²) in [5, 5.41) is 9.20. The molecule has 1 unspecified atom stereocenters. The van der Waals surface area contributed by atoms with Gasteiger partial charge in [-0.25, -0.2) is 4.39 Å². The van der Waals surface area contributed by atoms with Crippen LogP contribution in [-0.2, 0) is 0 Å². The van der Waals surface area contributed by atoms with Gasteiger partial charge in [0.25, 0.3) is 0 Å². The fourth-order valence-corrected chi connectivity index (χ4v) is 2.26. The number of hydrogen-bond donors (Lipinski definition) is 1. The smallest absolute Gasteiger partial charge is 0.117 e. The molecule has 0 aromatic carbocycles. The molecule has 0 amide bonds. The third-order valence-electron chi connectivity index (χ3n) is 3.08. The largest absolute Gasteiger partial charge is 0.389 e. The van der Waals surface area contributed by atoms with Crippen LogP contribution in [0.4, 0.5) is 4.39 Å². The molecule has 1 fully saturated rings. The average molecular weight is 203 g/mol. The third-order valence-corrected chi connectivity index (χ3v) is 3.08. The number of hydrogen-bond acceptors (Lipinski definition) is 2. The number of likely N-dealkylation sites (N-methyl/N-ethyl adjacent to an activating group) is 1. The SMILES string of the molecule is CCN(CC(O)CF)CC1CC(C)C1. The lowest BCUT2D eigenvalue weighted by atomic mass is 9.76. The molecule has 0 spiro atoms. The topological polar surface area (TPSA) is 23.5 Å². The molecule has 1 saturated carbocycles. The van der Waals surface area contributed by atoms with Gasteiger partial charge in [0.15, 0.2) is 0 Å². The molecule has 1 aliphatic rings. The Labute approximate surface area is 86.1 Å². The standard InChI is InChI=1S/C11H22FNO/c1-3-13(8-11(14)6-12)7-10-4-9(2)5-10/h9-11,14H,3-8H2,1-2H3. The molecule has 1 N–H and O–H groups in total. The zero-order chi connectivity index (χ0) is 10.6. The molecule has 0 heterocycles. The van der Waals surface area contributed by atoms with Crippen LogP contribution in [0, 0.1) is 11.8 Å². The summed E-state index contributed by atoms with van der Waals surface area (Å²) in [5.41, 5.74) is 0. The Bertz CT molecular complexity index is 159. The van der Waals surface area contributed by atoms with Gasteiger partial charge in [0.2, 0.25) is 0 Å². The molecule has 0 bridgehead atoms. The molecular weight excluding hydrogens is 181 g/mol. The first-order chi connectivity index (χ1) is 6.65. The number of nitrogens with zero attached hydrogens (tertiary/aromatic N) is 1. The molecule has 1 atom stereocenters. The highest BCUT2D eigenvalue weighted by Gasteiger charge is 2.27. The quantitative estimate of drug-likeness (QED) is 0.710. The van der Waals surface area contributed by atoms with Crippen molar-refractivity contribution < 1.29 is 9.50 Å². The van der Waals surface area contributed by atoms with Crippen molar-refractivity contribution in [2.45, 2.75) is 32.8 Å². The summed E-state index contributed by atoms with van der Waals surface area (Å²) >= 11 is 0. The molecule has 2 nitrogen and oxygen atoms in total. The fraction of sp³-hybridized carbons (Fsp3) is 1.00. The fourth-order valence-electron chi connectivity index (χ4n) is 2.26. The van der Waals surface area contributed by atoms with E-state index in [1.54, 1.807) is 0 Å². The number of aliphatic hydroxyl groups is 1. The minimum atomic E-state index is -0.799. The zero-order valence-corrected chi connectivity index (χ0v) is 9.25. The number of alkyl halides is 1. The van der Waals surface area contributed by atoms with Gasteiger partial charge in [-0.1, -0.05) is 13.8 Å². The molecule has 14 heavy (non-hydrogen) atoms. The molecular formula is C11H22FNO. The lowest BCUT2D eigenvalue weighted by Gasteiger charge is -2.37. The van der Waals surface area contributed by atoms with Gasteiger partial charge in [-0.2, -0.15) is 0 Å². The number of aliphatic hydroxyl groups excluding tert-OH is 1. The van der Waals surface area contributed by atoms with Gasteiger partial charge in [0, 0.05) is 13.1 Å². The van der Waals surface area contributed by atoms with Crippen molar-refractivity contribution in [1.82, 2.24) is 4.90 Å². The van der Waals surface area contributed by atoms with Crippen LogP contribution in [0.25, 0.3) is 0 Å². The summed E-state index contributed by atoms with van der Waals surface area (Å²) in [5.74, 6) is 1.64. The highest BCUT2D eigenvalue weighted by atomic mass is 19.1. The highest BCUT2D eigenvalue weighted by Crippen LogP contribution is 2.33. The summed E-state index contributed by atoms with van der Waals surface area (Å²) < 4.78 is 12.1. The monoisotopic (exact) mass is 203 g/mol. The van der Waals surface area contributed by atoms with Crippen LogP contribution in [-0.4, -0.2) is 42.4 Å². The second-order valence-electron chi connectivity index (χ2n) is 4.60. The highest BCUT2D eigenvalue weighted by molar-refractivity contribution is 4.79. The molecule has 1 rings (SSSR count). The third kappa shape index (κ3) is 3.54.